The number of carbonyl (C=O) groups excluding carboxylic acids is 6. The van der Waals surface area contributed by atoms with Gasteiger partial charge in [-0.05, 0) is 116 Å². The van der Waals surface area contributed by atoms with Gasteiger partial charge in [0.25, 0.3) is 0 Å². The van der Waals surface area contributed by atoms with E-state index in [1.165, 1.54) is 257 Å². The highest BCUT2D eigenvalue weighted by Crippen LogP contribution is 2.20. The molecule has 0 heterocycles. The van der Waals surface area contributed by atoms with Crippen molar-refractivity contribution in [3.05, 3.63) is 36.5 Å². The van der Waals surface area contributed by atoms with Crippen molar-refractivity contribution in [1.29, 1.82) is 0 Å². The first-order valence-electron chi connectivity index (χ1n) is 47.1. The number of rotatable bonds is 88. The van der Waals surface area contributed by atoms with Gasteiger partial charge in [0.05, 0.1) is 0 Å². The van der Waals surface area contributed by atoms with Crippen molar-refractivity contribution in [2.24, 2.45) is 0 Å². The fourth-order valence-electron chi connectivity index (χ4n) is 14.1. The minimum absolute atomic E-state index is 0.106. The smallest absolute Gasteiger partial charge is 0.306 e. The molecule has 0 N–H and O–H groups in total. The SMILES string of the molecule is CCCCCCCCC=CCCCCCCCC(=O)OCC(COC(=O)CCCCCCCC=CCCCCCCCC)OC(=O)CCCCCCCC=CCCCCCCCC(=O)OC(COC(=O)CCCCCCCCCCCCCCCCC)COC(=O)CCCCCCCCCCCCCCCCC. The monoisotopic (exact) mass is 1520 g/mol. The van der Waals surface area contributed by atoms with Crippen molar-refractivity contribution >= 4 is 35.8 Å². The maximum absolute atomic E-state index is 13.1. The third-order valence-corrected chi connectivity index (χ3v) is 21.2. The van der Waals surface area contributed by atoms with Crippen LogP contribution in [0, 0.1) is 0 Å². The van der Waals surface area contributed by atoms with Crippen molar-refractivity contribution in [1.82, 2.24) is 0 Å². The second-order valence-electron chi connectivity index (χ2n) is 32.1. The van der Waals surface area contributed by atoms with Crippen molar-refractivity contribution in [2.75, 3.05) is 26.4 Å². The predicted octanol–water partition coefficient (Wildman–Crippen LogP) is 29.6. The van der Waals surface area contributed by atoms with Gasteiger partial charge < -0.3 is 28.4 Å². The summed E-state index contributed by atoms with van der Waals surface area (Å²) < 4.78 is 34.0. The maximum atomic E-state index is 13.1. The summed E-state index contributed by atoms with van der Waals surface area (Å²) in [6.45, 7) is 8.61. The van der Waals surface area contributed by atoms with Crippen molar-refractivity contribution < 1.29 is 57.2 Å². The lowest BCUT2D eigenvalue weighted by atomic mass is 10.0. The summed E-state index contributed by atoms with van der Waals surface area (Å²) in [5, 5.41) is 0. The van der Waals surface area contributed by atoms with Crippen LogP contribution in [0.2, 0.25) is 0 Å². The van der Waals surface area contributed by atoms with Crippen LogP contribution in [0.5, 0.6) is 0 Å². The number of carbonyl (C=O) groups is 6. The third-order valence-electron chi connectivity index (χ3n) is 21.2. The Morgan fingerprint density at radius 1 is 0.176 bits per heavy atom. The van der Waals surface area contributed by atoms with Gasteiger partial charge in [-0.15, -0.1) is 0 Å². The van der Waals surface area contributed by atoms with E-state index in [1.807, 2.05) is 0 Å². The summed E-state index contributed by atoms with van der Waals surface area (Å²) in [5.41, 5.74) is 0. The molecule has 0 radical (unpaired) electrons. The zero-order valence-corrected chi connectivity index (χ0v) is 71.7. The van der Waals surface area contributed by atoms with Crippen molar-refractivity contribution in [2.45, 2.75) is 515 Å². The van der Waals surface area contributed by atoms with Crippen LogP contribution in [0.1, 0.15) is 503 Å². The number of hydrogen-bond acceptors (Lipinski definition) is 12. The highest BCUT2D eigenvalue weighted by molar-refractivity contribution is 5.72. The average molecular weight is 1520 g/mol. The molecule has 0 aliphatic rings. The van der Waals surface area contributed by atoms with Crippen LogP contribution < -0.4 is 0 Å². The quantitative estimate of drug-likeness (QED) is 0.0246. The lowest BCUT2D eigenvalue weighted by Crippen LogP contribution is -2.30. The number of esters is 6. The standard InChI is InChI=1S/C96H176O12/c1-5-9-13-17-21-25-29-33-37-43-49-55-61-67-73-79-91(97)103-85-89(86-104-92(98)80-74-68-62-56-50-44-38-34-30-26-22-18-14-10-6-2)107-95(101)83-77-71-65-59-53-47-41-42-48-54-60-66-72-78-84-96(102)108-90(87-105-93(99)81-75-69-63-57-51-45-39-35-31-27-23-19-15-11-7-3)88-106-94(100)82-76-70-64-58-52-46-40-36-32-28-24-20-16-12-8-4/h33-34,37-38,41-42,89-90H,5-32,35-36,39-40,43-88H2,1-4H3. The third kappa shape index (κ3) is 84.5. The highest BCUT2D eigenvalue weighted by Gasteiger charge is 2.22. The molecule has 0 aromatic heterocycles. The molecule has 632 valence electrons. The fourth-order valence-corrected chi connectivity index (χ4v) is 14.1. The Hall–Kier alpha value is -3.96. The fraction of sp³-hybridized carbons (Fsp3) is 0.875. The Morgan fingerprint density at radius 2 is 0.306 bits per heavy atom. The van der Waals surface area contributed by atoms with Crippen molar-refractivity contribution in [3.8, 4) is 0 Å². The van der Waals surface area contributed by atoms with Gasteiger partial charge in [0, 0.05) is 38.5 Å². The first-order valence-corrected chi connectivity index (χ1v) is 47.1. The van der Waals surface area contributed by atoms with Gasteiger partial charge in [-0.3, -0.25) is 28.8 Å². The summed E-state index contributed by atoms with van der Waals surface area (Å²) in [6.07, 6.45) is 94.6. The molecule has 0 atom stereocenters. The molecule has 0 aromatic rings. The van der Waals surface area contributed by atoms with Gasteiger partial charge in [-0.1, -0.05) is 385 Å². The predicted molar refractivity (Wildman–Crippen MR) is 455 cm³/mol. The Morgan fingerprint density at radius 3 is 0.463 bits per heavy atom. The molecule has 0 unspecified atom stereocenters. The van der Waals surface area contributed by atoms with Crippen LogP contribution in [0.25, 0.3) is 0 Å². The highest BCUT2D eigenvalue weighted by atomic mass is 16.6. The molecule has 0 saturated carbocycles. The van der Waals surface area contributed by atoms with E-state index in [4.69, 9.17) is 28.4 Å². The van der Waals surface area contributed by atoms with Gasteiger partial charge in [-0.2, -0.15) is 0 Å². The van der Waals surface area contributed by atoms with Gasteiger partial charge >= 0.3 is 35.8 Å². The molecular formula is C96H176O12. The van der Waals surface area contributed by atoms with Crippen LogP contribution in [0.4, 0.5) is 0 Å². The van der Waals surface area contributed by atoms with E-state index in [2.05, 4.69) is 64.2 Å². The number of hydrogen-bond donors (Lipinski definition) is 0. The summed E-state index contributed by atoms with van der Waals surface area (Å²) in [6, 6.07) is 0. The van der Waals surface area contributed by atoms with Crippen LogP contribution in [0.15, 0.2) is 36.5 Å². The van der Waals surface area contributed by atoms with Gasteiger partial charge in [0.15, 0.2) is 12.2 Å². The van der Waals surface area contributed by atoms with E-state index >= 15 is 0 Å². The van der Waals surface area contributed by atoms with Crippen LogP contribution >= 0.6 is 0 Å². The largest absolute Gasteiger partial charge is 0.462 e. The van der Waals surface area contributed by atoms with E-state index in [-0.39, 0.29) is 75.1 Å². The molecule has 0 rings (SSSR count). The molecule has 0 aliphatic heterocycles. The molecule has 0 amide bonds. The van der Waals surface area contributed by atoms with Gasteiger partial charge in [-0.25, -0.2) is 0 Å². The number of ether oxygens (including phenoxy) is 6. The lowest BCUT2D eigenvalue weighted by molar-refractivity contribution is -0.167. The molecule has 12 nitrogen and oxygen atoms in total. The summed E-state index contributed by atoms with van der Waals surface area (Å²) >= 11 is 0. The van der Waals surface area contributed by atoms with E-state index in [0.717, 1.165) is 167 Å². The maximum Gasteiger partial charge on any atom is 0.306 e. The zero-order valence-electron chi connectivity index (χ0n) is 71.7. The van der Waals surface area contributed by atoms with Crippen LogP contribution in [-0.4, -0.2) is 74.5 Å². The van der Waals surface area contributed by atoms with Gasteiger partial charge in [0.1, 0.15) is 26.4 Å². The van der Waals surface area contributed by atoms with E-state index < -0.39 is 12.2 Å². The second-order valence-corrected chi connectivity index (χ2v) is 32.1. The minimum atomic E-state index is -0.829. The Labute approximate surface area is 667 Å². The number of allylic oxidation sites excluding steroid dienone is 6. The van der Waals surface area contributed by atoms with E-state index in [9.17, 15) is 28.8 Å². The normalized spacial score (nSPS) is 12.0. The summed E-state index contributed by atoms with van der Waals surface area (Å²) in [7, 11) is 0. The minimum Gasteiger partial charge on any atom is -0.462 e. The van der Waals surface area contributed by atoms with Gasteiger partial charge in [0.2, 0.25) is 0 Å². The van der Waals surface area contributed by atoms with E-state index in [0.29, 0.717) is 38.5 Å². The zero-order chi connectivity index (χ0) is 78.3. The molecular weight excluding hydrogens is 1350 g/mol. The van der Waals surface area contributed by atoms with E-state index in [1.54, 1.807) is 0 Å². The second kappa shape index (κ2) is 88.6. The summed E-state index contributed by atoms with van der Waals surface area (Å²) in [4.78, 5) is 77.4. The molecule has 0 bridgehead atoms. The first kappa shape index (κ1) is 104. The summed E-state index contributed by atoms with van der Waals surface area (Å²) in [5.74, 6) is -1.93. The Kier molecular flexibility index (Phi) is 85.4. The Balaban J connectivity index is 4.73. The van der Waals surface area contributed by atoms with Crippen LogP contribution in [0.3, 0.4) is 0 Å². The topological polar surface area (TPSA) is 158 Å². The molecule has 108 heavy (non-hydrogen) atoms. The van der Waals surface area contributed by atoms with Crippen LogP contribution in [-0.2, 0) is 57.2 Å². The molecule has 0 spiro atoms. The molecule has 0 aromatic carbocycles. The Bertz CT molecular complexity index is 1930. The molecule has 0 saturated heterocycles. The number of unbranched alkanes of at least 4 members (excludes halogenated alkanes) is 60. The van der Waals surface area contributed by atoms with Crippen molar-refractivity contribution in [3.63, 3.8) is 0 Å². The molecule has 0 fully saturated rings. The average Bonchev–Trinajstić information content (AvgIpc) is 0.954. The first-order chi connectivity index (χ1) is 53.1. The molecule has 12 heteroatoms. The lowest BCUT2D eigenvalue weighted by Gasteiger charge is -2.18. The molecule has 0 aliphatic carbocycles.